The average molecular weight is 351 g/mol. The molecule has 0 saturated carbocycles. The van der Waals surface area contributed by atoms with E-state index in [9.17, 15) is 9.59 Å². The van der Waals surface area contributed by atoms with Gasteiger partial charge in [-0.1, -0.05) is 19.8 Å². The first-order valence-corrected chi connectivity index (χ1v) is 10.5. The zero-order valence-electron chi connectivity index (χ0n) is 14.4. The number of esters is 2. The summed E-state index contributed by atoms with van der Waals surface area (Å²) in [6, 6.07) is 0. The first-order valence-electron chi connectivity index (χ1n) is 7.88. The van der Waals surface area contributed by atoms with Gasteiger partial charge in [0.25, 0.3) is 0 Å². The lowest BCUT2D eigenvalue weighted by Crippen LogP contribution is -2.26. The van der Waals surface area contributed by atoms with Crippen molar-refractivity contribution >= 4 is 35.5 Å². The van der Waals surface area contributed by atoms with Gasteiger partial charge in [0, 0.05) is 6.42 Å². The highest BCUT2D eigenvalue weighted by atomic mass is 32.2. The van der Waals surface area contributed by atoms with Gasteiger partial charge in [0.15, 0.2) is 0 Å². The molecule has 0 spiro atoms. The summed E-state index contributed by atoms with van der Waals surface area (Å²) < 4.78 is 10.8. The number of hydrogen-bond acceptors (Lipinski definition) is 6. The van der Waals surface area contributed by atoms with Gasteiger partial charge in [-0.3, -0.25) is 9.59 Å². The van der Waals surface area contributed by atoms with Crippen molar-refractivity contribution in [1.29, 1.82) is 0 Å². The summed E-state index contributed by atoms with van der Waals surface area (Å²) in [6.07, 6.45) is 8.29. The van der Waals surface area contributed by atoms with Gasteiger partial charge in [-0.25, -0.2) is 0 Å². The van der Waals surface area contributed by atoms with Gasteiger partial charge >= 0.3 is 11.9 Å². The Labute approximate surface area is 143 Å². The van der Waals surface area contributed by atoms with Crippen LogP contribution in [0.2, 0.25) is 0 Å². The van der Waals surface area contributed by atoms with Crippen LogP contribution in [0.1, 0.15) is 52.9 Å². The van der Waals surface area contributed by atoms with Crippen LogP contribution in [0, 0.1) is 0 Å². The van der Waals surface area contributed by atoms with Crippen LogP contribution in [-0.4, -0.2) is 47.7 Å². The first-order chi connectivity index (χ1) is 10.5. The average Bonchev–Trinajstić information content (AvgIpc) is 2.52. The molecule has 0 aliphatic heterocycles. The van der Waals surface area contributed by atoms with E-state index in [0.717, 1.165) is 25.7 Å². The van der Waals surface area contributed by atoms with Gasteiger partial charge in [0.05, 0.1) is 17.1 Å². The second kappa shape index (κ2) is 13.1. The molecule has 0 rings (SSSR count). The Morgan fingerprint density at radius 2 is 1.55 bits per heavy atom. The number of rotatable bonds is 12. The van der Waals surface area contributed by atoms with E-state index in [-0.39, 0.29) is 28.5 Å². The minimum Gasteiger partial charge on any atom is -0.465 e. The lowest BCUT2D eigenvalue weighted by atomic mass is 10.1. The van der Waals surface area contributed by atoms with Crippen LogP contribution in [0.4, 0.5) is 0 Å². The van der Waals surface area contributed by atoms with E-state index >= 15 is 0 Å². The summed E-state index contributed by atoms with van der Waals surface area (Å²) >= 11 is 2.94. The summed E-state index contributed by atoms with van der Waals surface area (Å²) in [7, 11) is 0. The van der Waals surface area contributed by atoms with Gasteiger partial charge in [0.2, 0.25) is 0 Å². The van der Waals surface area contributed by atoms with Gasteiger partial charge < -0.3 is 9.47 Å². The summed E-state index contributed by atoms with van der Waals surface area (Å²) in [5.74, 6) is -0.388. The molecule has 4 nitrogen and oxygen atoms in total. The molecule has 0 bridgehead atoms. The topological polar surface area (TPSA) is 52.6 Å². The summed E-state index contributed by atoms with van der Waals surface area (Å²) in [6.45, 7) is 6.12. The molecule has 130 valence electrons. The van der Waals surface area contributed by atoms with Crippen molar-refractivity contribution in [3.63, 3.8) is 0 Å². The molecule has 0 aliphatic rings. The highest BCUT2D eigenvalue weighted by Crippen LogP contribution is 2.15. The Balaban J connectivity index is 4.28. The van der Waals surface area contributed by atoms with Crippen molar-refractivity contribution in [2.24, 2.45) is 0 Å². The van der Waals surface area contributed by atoms with Gasteiger partial charge in [0.1, 0.15) is 6.10 Å². The van der Waals surface area contributed by atoms with Crippen LogP contribution in [0.15, 0.2) is 0 Å². The third-order valence-electron chi connectivity index (χ3n) is 3.47. The molecule has 3 atom stereocenters. The van der Waals surface area contributed by atoms with E-state index in [0.29, 0.717) is 13.0 Å². The Kier molecular flexibility index (Phi) is 12.9. The molecule has 0 aromatic rings. The lowest BCUT2D eigenvalue weighted by molar-refractivity contribution is -0.150. The maximum absolute atomic E-state index is 11.9. The van der Waals surface area contributed by atoms with Crippen molar-refractivity contribution in [3.05, 3.63) is 0 Å². The number of thioether (sulfide) groups is 2. The molecule has 0 aliphatic carbocycles. The van der Waals surface area contributed by atoms with Crippen LogP contribution in [0.5, 0.6) is 0 Å². The number of carbonyl (C=O) groups is 2. The predicted octanol–water partition coefficient (Wildman–Crippen LogP) is 3.91. The Morgan fingerprint density at radius 3 is 2.09 bits per heavy atom. The van der Waals surface area contributed by atoms with Gasteiger partial charge in [-0.2, -0.15) is 23.5 Å². The minimum absolute atomic E-state index is 0.155. The molecule has 22 heavy (non-hydrogen) atoms. The third kappa shape index (κ3) is 9.62. The van der Waals surface area contributed by atoms with Crippen LogP contribution in [0.3, 0.4) is 0 Å². The zero-order valence-corrected chi connectivity index (χ0v) is 16.1. The highest BCUT2D eigenvalue weighted by Gasteiger charge is 2.20. The second-order valence-electron chi connectivity index (χ2n) is 5.27. The van der Waals surface area contributed by atoms with Crippen LogP contribution in [-0.2, 0) is 19.1 Å². The molecule has 0 saturated heterocycles. The Bertz CT molecular complexity index is 323. The number of hydrogen-bond donors (Lipinski definition) is 0. The fourth-order valence-corrected chi connectivity index (χ4v) is 2.25. The standard InChI is InChI=1S/C16H30O4S2/c1-6-7-8-9-14(20-16(18)13(3)22-5)10-11-19-15(17)12(2)21-4/h12-14H,6-11H2,1-5H3/t12-,13+,14-/m1/s1. The SMILES string of the molecule is CCCCC[C@H](CCOC(=O)[C@@H](C)SC)OC(=O)[C@H](C)SC. The van der Waals surface area contributed by atoms with E-state index in [1.165, 1.54) is 23.5 Å². The number of unbranched alkanes of at least 4 members (excludes halogenated alkanes) is 2. The molecule has 0 amide bonds. The molecule has 0 N–H and O–H groups in total. The van der Waals surface area contributed by atoms with E-state index in [1.807, 2.05) is 26.4 Å². The van der Waals surface area contributed by atoms with Crippen molar-refractivity contribution in [2.45, 2.75) is 69.5 Å². The monoisotopic (exact) mass is 350 g/mol. The molecule has 0 unspecified atom stereocenters. The van der Waals surface area contributed by atoms with Crippen LogP contribution < -0.4 is 0 Å². The van der Waals surface area contributed by atoms with Crippen molar-refractivity contribution in [1.82, 2.24) is 0 Å². The molecular weight excluding hydrogens is 320 g/mol. The van der Waals surface area contributed by atoms with Crippen LogP contribution in [0.25, 0.3) is 0 Å². The molecule has 0 aromatic carbocycles. The summed E-state index contributed by atoms with van der Waals surface area (Å²) in [5, 5.41) is -0.314. The third-order valence-corrected chi connectivity index (χ3v) is 5.27. The second-order valence-corrected chi connectivity index (χ2v) is 7.62. The maximum atomic E-state index is 11.9. The normalized spacial score (nSPS) is 15.0. The molecular formula is C16H30O4S2. The van der Waals surface area contributed by atoms with Crippen molar-refractivity contribution < 1.29 is 19.1 Å². The lowest BCUT2D eigenvalue weighted by Gasteiger charge is -2.20. The van der Waals surface area contributed by atoms with Crippen molar-refractivity contribution in [3.8, 4) is 0 Å². The molecule has 0 heterocycles. The fraction of sp³-hybridized carbons (Fsp3) is 0.875. The highest BCUT2D eigenvalue weighted by molar-refractivity contribution is 8.00. The van der Waals surface area contributed by atoms with E-state index in [1.54, 1.807) is 0 Å². The maximum Gasteiger partial charge on any atom is 0.319 e. The van der Waals surface area contributed by atoms with E-state index < -0.39 is 0 Å². The predicted molar refractivity (Wildman–Crippen MR) is 95.6 cm³/mol. The van der Waals surface area contributed by atoms with Crippen molar-refractivity contribution in [2.75, 3.05) is 19.1 Å². The molecule has 0 radical (unpaired) electrons. The quantitative estimate of drug-likeness (QED) is 0.393. The van der Waals surface area contributed by atoms with E-state index in [4.69, 9.17) is 9.47 Å². The number of ether oxygens (including phenoxy) is 2. The molecule has 0 fully saturated rings. The number of carbonyl (C=O) groups excluding carboxylic acids is 2. The van der Waals surface area contributed by atoms with Gasteiger partial charge in [-0.15, -0.1) is 0 Å². The van der Waals surface area contributed by atoms with E-state index in [2.05, 4.69) is 6.92 Å². The zero-order chi connectivity index (χ0) is 17.0. The van der Waals surface area contributed by atoms with Crippen LogP contribution >= 0.6 is 23.5 Å². The summed E-state index contributed by atoms with van der Waals surface area (Å²) in [5.41, 5.74) is 0. The summed E-state index contributed by atoms with van der Waals surface area (Å²) in [4.78, 5) is 23.6. The molecule has 6 heteroatoms. The largest absolute Gasteiger partial charge is 0.465 e. The smallest absolute Gasteiger partial charge is 0.319 e. The first kappa shape index (κ1) is 21.6. The Hall–Kier alpha value is -0.360. The molecule has 0 aromatic heterocycles. The fourth-order valence-electron chi connectivity index (χ4n) is 1.75. The van der Waals surface area contributed by atoms with Gasteiger partial charge in [-0.05, 0) is 39.2 Å². The Morgan fingerprint density at radius 1 is 0.955 bits per heavy atom. The minimum atomic E-state index is -0.205.